The van der Waals surface area contributed by atoms with Crippen molar-refractivity contribution in [3.63, 3.8) is 0 Å². The van der Waals surface area contributed by atoms with Crippen LogP contribution >= 0.6 is 12.6 Å². The minimum atomic E-state index is 0.938. The maximum Gasteiger partial charge on any atom is 0.0539 e. The van der Waals surface area contributed by atoms with Gasteiger partial charge in [0.05, 0.1) is 5.69 Å². The number of allylic oxidation sites excluding steroid dienone is 2. The molecule has 0 unspecified atom stereocenters. The minimum Gasteiger partial charge on any atom is -0.350 e. The molecule has 1 rings (SSSR count). The van der Waals surface area contributed by atoms with Gasteiger partial charge in [0.25, 0.3) is 0 Å². The van der Waals surface area contributed by atoms with Crippen LogP contribution < -0.4 is 0 Å². The molecule has 0 bridgehead atoms. The van der Waals surface area contributed by atoms with Crippen molar-refractivity contribution in [2.75, 3.05) is 0 Å². The molecule has 0 aliphatic carbocycles. The van der Waals surface area contributed by atoms with Gasteiger partial charge in [-0.15, -0.1) is 12.6 Å². The average molecular weight is 165 g/mol. The number of thiol groups is 1. The van der Waals surface area contributed by atoms with E-state index in [4.69, 9.17) is 0 Å². The molecular formula is C9H11NS. The maximum absolute atomic E-state index is 4.30. The van der Waals surface area contributed by atoms with E-state index in [1.165, 1.54) is 0 Å². The van der Waals surface area contributed by atoms with Gasteiger partial charge in [0.2, 0.25) is 0 Å². The molecule has 1 nitrogen and oxygen atoms in total. The van der Waals surface area contributed by atoms with Crippen LogP contribution in [0.5, 0.6) is 0 Å². The zero-order valence-corrected chi connectivity index (χ0v) is 7.38. The van der Waals surface area contributed by atoms with Crippen LogP contribution in [-0.2, 0) is 7.05 Å². The highest BCUT2D eigenvalue weighted by Crippen LogP contribution is 2.17. The van der Waals surface area contributed by atoms with Gasteiger partial charge in [0, 0.05) is 18.1 Å². The van der Waals surface area contributed by atoms with Crippen molar-refractivity contribution in [3.05, 3.63) is 42.8 Å². The molecule has 0 saturated heterocycles. The van der Waals surface area contributed by atoms with Gasteiger partial charge in [-0.3, -0.25) is 0 Å². The Bertz CT molecular complexity index is 284. The summed E-state index contributed by atoms with van der Waals surface area (Å²) in [5, 5.41) is 0. The lowest BCUT2D eigenvalue weighted by Gasteiger charge is -2.00. The van der Waals surface area contributed by atoms with Crippen LogP contribution in [0.25, 0.3) is 4.91 Å². The monoisotopic (exact) mass is 165 g/mol. The largest absolute Gasteiger partial charge is 0.350 e. The molecule has 58 valence electrons. The summed E-state index contributed by atoms with van der Waals surface area (Å²) in [6, 6.07) is 4.00. The second kappa shape index (κ2) is 3.49. The lowest BCUT2D eigenvalue weighted by atomic mass is 10.3. The number of aromatic nitrogens is 1. The number of rotatable bonds is 2. The Kier molecular flexibility index (Phi) is 2.60. The van der Waals surface area contributed by atoms with Crippen LogP contribution in [0.2, 0.25) is 0 Å². The van der Waals surface area contributed by atoms with E-state index in [0.29, 0.717) is 0 Å². The Balaban J connectivity index is 3.01. The molecular weight excluding hydrogens is 154 g/mol. The Morgan fingerprint density at radius 3 is 2.91 bits per heavy atom. The fraction of sp³-hybridized carbons (Fsp3) is 0.111. The van der Waals surface area contributed by atoms with E-state index in [2.05, 4.69) is 19.2 Å². The third-order valence-corrected chi connectivity index (χ3v) is 1.86. The first-order valence-electron chi connectivity index (χ1n) is 3.39. The van der Waals surface area contributed by atoms with Gasteiger partial charge in [-0.05, 0) is 18.2 Å². The average Bonchev–Trinajstić information content (AvgIpc) is 2.36. The van der Waals surface area contributed by atoms with Crippen LogP contribution in [0.4, 0.5) is 0 Å². The molecule has 0 fully saturated rings. The number of aryl methyl sites for hydroxylation is 1. The highest BCUT2D eigenvalue weighted by Gasteiger charge is 1.97. The normalized spacial score (nSPS) is 11.6. The molecule has 0 saturated carbocycles. The Hall–Kier alpha value is -0.890. The molecule has 0 aromatic carbocycles. The quantitative estimate of drug-likeness (QED) is 0.507. The molecule has 0 atom stereocenters. The van der Waals surface area contributed by atoms with E-state index < -0.39 is 0 Å². The Morgan fingerprint density at radius 1 is 1.73 bits per heavy atom. The standard InChI is InChI=1S/C9H11NS/c1-3-5-9(11)8-6-4-7-10(8)2/h3-7,11H,1H2,2H3/b9-5-. The first kappa shape index (κ1) is 8.21. The van der Waals surface area contributed by atoms with Crippen LogP contribution in [0.1, 0.15) is 5.69 Å². The van der Waals surface area contributed by atoms with Crippen LogP contribution in [-0.4, -0.2) is 4.57 Å². The van der Waals surface area contributed by atoms with Crippen molar-refractivity contribution in [2.24, 2.45) is 7.05 Å². The number of hydrogen-bond acceptors (Lipinski definition) is 1. The van der Waals surface area contributed by atoms with Crippen LogP contribution in [0.15, 0.2) is 37.1 Å². The molecule has 2 heteroatoms. The summed E-state index contributed by atoms with van der Waals surface area (Å²) >= 11 is 4.30. The topological polar surface area (TPSA) is 4.93 Å². The van der Waals surface area contributed by atoms with Gasteiger partial charge in [0.1, 0.15) is 0 Å². The minimum absolute atomic E-state index is 0.938. The number of hydrogen-bond donors (Lipinski definition) is 1. The molecule has 1 aromatic heterocycles. The third-order valence-electron chi connectivity index (χ3n) is 1.48. The first-order chi connectivity index (χ1) is 5.25. The molecule has 1 aromatic rings. The Morgan fingerprint density at radius 2 is 2.45 bits per heavy atom. The molecule has 0 aliphatic rings. The summed E-state index contributed by atoms with van der Waals surface area (Å²) in [5.41, 5.74) is 1.10. The zero-order valence-electron chi connectivity index (χ0n) is 6.49. The van der Waals surface area contributed by atoms with Gasteiger partial charge in [-0.25, -0.2) is 0 Å². The summed E-state index contributed by atoms with van der Waals surface area (Å²) < 4.78 is 2.02. The van der Waals surface area contributed by atoms with E-state index in [1.54, 1.807) is 6.08 Å². The maximum atomic E-state index is 4.30. The SMILES string of the molecule is C=C/C=C(\S)c1cccn1C. The molecule has 11 heavy (non-hydrogen) atoms. The van der Waals surface area contributed by atoms with E-state index >= 15 is 0 Å². The molecule has 0 aliphatic heterocycles. The lowest BCUT2D eigenvalue weighted by Crippen LogP contribution is -1.89. The van der Waals surface area contributed by atoms with Gasteiger partial charge in [0.15, 0.2) is 0 Å². The molecule has 0 N–H and O–H groups in total. The first-order valence-corrected chi connectivity index (χ1v) is 3.84. The van der Waals surface area contributed by atoms with Crippen molar-refractivity contribution < 1.29 is 0 Å². The summed E-state index contributed by atoms with van der Waals surface area (Å²) in [5.74, 6) is 0. The molecule has 1 heterocycles. The highest BCUT2D eigenvalue weighted by atomic mass is 32.1. The second-order valence-electron chi connectivity index (χ2n) is 2.29. The van der Waals surface area contributed by atoms with Crippen molar-refractivity contribution in [1.29, 1.82) is 0 Å². The van der Waals surface area contributed by atoms with Crippen molar-refractivity contribution in [2.45, 2.75) is 0 Å². The summed E-state index contributed by atoms with van der Waals surface area (Å²) in [7, 11) is 1.99. The van der Waals surface area contributed by atoms with Crippen molar-refractivity contribution >= 4 is 17.5 Å². The third kappa shape index (κ3) is 1.77. The summed E-state index contributed by atoms with van der Waals surface area (Å²) in [6.45, 7) is 3.61. The van der Waals surface area contributed by atoms with E-state index in [9.17, 15) is 0 Å². The highest BCUT2D eigenvalue weighted by molar-refractivity contribution is 7.90. The van der Waals surface area contributed by atoms with Gasteiger partial charge in [-0.2, -0.15) is 0 Å². The van der Waals surface area contributed by atoms with E-state index in [0.717, 1.165) is 10.6 Å². The lowest BCUT2D eigenvalue weighted by molar-refractivity contribution is 0.913. The van der Waals surface area contributed by atoms with E-state index in [-0.39, 0.29) is 0 Å². The van der Waals surface area contributed by atoms with E-state index in [1.807, 2.05) is 36.0 Å². The van der Waals surface area contributed by atoms with Gasteiger partial charge >= 0.3 is 0 Å². The van der Waals surface area contributed by atoms with Gasteiger partial charge < -0.3 is 4.57 Å². The second-order valence-corrected chi connectivity index (χ2v) is 2.77. The summed E-state index contributed by atoms with van der Waals surface area (Å²) in [4.78, 5) is 0.938. The Labute approximate surface area is 72.5 Å². The fourth-order valence-electron chi connectivity index (χ4n) is 0.924. The predicted octanol–water partition coefficient (Wildman–Crippen LogP) is 2.48. The van der Waals surface area contributed by atoms with Crippen molar-refractivity contribution in [3.8, 4) is 0 Å². The van der Waals surface area contributed by atoms with Gasteiger partial charge in [-0.1, -0.05) is 12.7 Å². The molecule has 0 radical (unpaired) electrons. The van der Waals surface area contributed by atoms with Crippen LogP contribution in [0.3, 0.4) is 0 Å². The zero-order chi connectivity index (χ0) is 8.27. The number of nitrogens with zero attached hydrogens (tertiary/aromatic N) is 1. The summed E-state index contributed by atoms with van der Waals surface area (Å²) in [6.07, 6.45) is 5.59. The van der Waals surface area contributed by atoms with Crippen LogP contribution in [0, 0.1) is 0 Å². The molecule has 0 amide bonds. The van der Waals surface area contributed by atoms with Crippen molar-refractivity contribution in [1.82, 2.24) is 4.57 Å². The predicted molar refractivity (Wildman–Crippen MR) is 52.6 cm³/mol. The smallest absolute Gasteiger partial charge is 0.0539 e. The fourth-order valence-corrected chi connectivity index (χ4v) is 1.26. The molecule has 0 spiro atoms.